The summed E-state index contributed by atoms with van der Waals surface area (Å²) in [6.07, 6.45) is 2.46. The average Bonchev–Trinajstić information content (AvgIpc) is 2.74. The second-order valence-electron chi connectivity index (χ2n) is 6.69. The Hall–Kier alpha value is -4.58. The van der Waals surface area contributed by atoms with Gasteiger partial charge in [0.25, 0.3) is 11.2 Å². The molecule has 1 N–H and O–H groups in total. The molecular formula is C22H16N4O5. The van der Waals surface area contributed by atoms with Crippen molar-refractivity contribution >= 4 is 23.8 Å². The summed E-state index contributed by atoms with van der Waals surface area (Å²) in [5.41, 5.74) is 0.167. The Balaban J connectivity index is 2.25. The largest absolute Gasteiger partial charge is 0.476 e. The van der Waals surface area contributed by atoms with E-state index in [-0.39, 0.29) is 16.8 Å². The number of hydrogen-bond acceptors (Lipinski definition) is 6. The van der Waals surface area contributed by atoms with Crippen molar-refractivity contribution in [1.29, 1.82) is 5.26 Å². The molecule has 31 heavy (non-hydrogen) atoms. The smallest absolute Gasteiger partial charge is 0.357 e. The first-order valence-electron chi connectivity index (χ1n) is 9.04. The Morgan fingerprint density at radius 3 is 2.52 bits per heavy atom. The summed E-state index contributed by atoms with van der Waals surface area (Å²) < 4.78 is 0.872. The van der Waals surface area contributed by atoms with Crippen LogP contribution in [0.1, 0.15) is 38.3 Å². The Labute approximate surface area is 176 Å². The van der Waals surface area contributed by atoms with Crippen LogP contribution in [0.4, 0.5) is 5.69 Å². The lowest BCUT2D eigenvalue weighted by atomic mass is 10.0. The van der Waals surface area contributed by atoms with E-state index in [1.807, 2.05) is 13.8 Å². The third kappa shape index (κ3) is 4.09. The number of nitro groups is 1. The fraction of sp³-hybridized carbons (Fsp3) is 0.0909. The van der Waals surface area contributed by atoms with Gasteiger partial charge in [0.2, 0.25) is 0 Å². The lowest BCUT2D eigenvalue weighted by Gasteiger charge is -2.11. The number of hydrogen-bond donors (Lipinski definition) is 1. The summed E-state index contributed by atoms with van der Waals surface area (Å²) in [7, 11) is 0. The highest BCUT2D eigenvalue weighted by molar-refractivity contribution is 5.93. The first-order valence-corrected chi connectivity index (χ1v) is 9.04. The molecule has 1 heterocycles. The van der Waals surface area contributed by atoms with Crippen molar-refractivity contribution in [3.05, 3.63) is 96.4 Å². The number of benzene rings is 2. The van der Waals surface area contributed by atoms with Gasteiger partial charge in [0.15, 0.2) is 5.69 Å². The van der Waals surface area contributed by atoms with E-state index in [0.717, 1.165) is 15.8 Å². The predicted octanol–water partition coefficient (Wildman–Crippen LogP) is 3.50. The third-order valence-electron chi connectivity index (χ3n) is 4.74. The van der Waals surface area contributed by atoms with Crippen molar-refractivity contribution in [3.63, 3.8) is 0 Å². The molecule has 0 saturated carbocycles. The molecule has 9 nitrogen and oxygen atoms in total. The lowest BCUT2D eigenvalue weighted by Crippen LogP contribution is -2.28. The normalized spacial score (nSPS) is 10.7. The van der Waals surface area contributed by atoms with Gasteiger partial charge >= 0.3 is 5.97 Å². The molecule has 0 bridgehead atoms. The van der Waals surface area contributed by atoms with E-state index in [4.69, 9.17) is 0 Å². The topological polar surface area (TPSA) is 139 Å². The number of nitrogens with zero attached hydrogens (tertiary/aromatic N) is 4. The average molecular weight is 416 g/mol. The van der Waals surface area contributed by atoms with E-state index in [1.165, 1.54) is 30.4 Å². The minimum absolute atomic E-state index is 0.186. The number of nitro benzene ring substituents is 1. The molecule has 154 valence electrons. The molecule has 0 spiro atoms. The zero-order valence-corrected chi connectivity index (χ0v) is 16.6. The molecule has 3 rings (SSSR count). The molecule has 3 aromatic rings. The minimum atomic E-state index is -1.45. The summed E-state index contributed by atoms with van der Waals surface area (Å²) in [6.45, 7) is 3.71. The summed E-state index contributed by atoms with van der Waals surface area (Å²) in [5.74, 6) is -1.45. The summed E-state index contributed by atoms with van der Waals surface area (Å²) in [5, 5.41) is 34.4. The van der Waals surface area contributed by atoms with Crippen LogP contribution in [-0.2, 0) is 0 Å². The van der Waals surface area contributed by atoms with Crippen LogP contribution in [0.2, 0.25) is 0 Å². The first kappa shape index (κ1) is 21.1. The van der Waals surface area contributed by atoms with Gasteiger partial charge in [-0.05, 0) is 49.2 Å². The van der Waals surface area contributed by atoms with Crippen molar-refractivity contribution in [2.24, 2.45) is 0 Å². The Kier molecular flexibility index (Phi) is 5.74. The number of aromatic nitrogens is 2. The third-order valence-corrected chi connectivity index (χ3v) is 4.74. The zero-order chi connectivity index (χ0) is 22.7. The maximum atomic E-state index is 12.9. The van der Waals surface area contributed by atoms with Gasteiger partial charge in [-0.3, -0.25) is 14.9 Å². The summed E-state index contributed by atoms with van der Waals surface area (Å²) in [4.78, 5) is 35.4. The number of nitriles is 1. The number of aromatic carboxylic acids is 1. The fourth-order valence-corrected chi connectivity index (χ4v) is 2.97. The van der Waals surface area contributed by atoms with Gasteiger partial charge in [-0.1, -0.05) is 24.3 Å². The van der Waals surface area contributed by atoms with E-state index >= 15 is 0 Å². The van der Waals surface area contributed by atoms with E-state index in [1.54, 1.807) is 30.3 Å². The lowest BCUT2D eigenvalue weighted by molar-refractivity contribution is -0.385. The SMILES string of the molecule is Cc1ccc(-n2nc(C(=O)O)c(/C=C/c3ccccc3[N+](=O)[O-])c(C#N)c2=O)cc1C. The number of aryl methyl sites for hydroxylation is 2. The maximum absolute atomic E-state index is 12.9. The molecule has 0 aliphatic heterocycles. The van der Waals surface area contributed by atoms with Crippen molar-refractivity contribution in [3.8, 4) is 11.8 Å². The molecular weight excluding hydrogens is 400 g/mol. The summed E-state index contributed by atoms with van der Waals surface area (Å²) in [6, 6.07) is 12.6. The van der Waals surface area contributed by atoms with Crippen molar-refractivity contribution in [1.82, 2.24) is 9.78 Å². The predicted molar refractivity (Wildman–Crippen MR) is 113 cm³/mol. The molecule has 0 unspecified atom stereocenters. The minimum Gasteiger partial charge on any atom is -0.476 e. The number of carbonyl (C=O) groups is 1. The molecule has 1 aromatic heterocycles. The van der Waals surface area contributed by atoms with Gasteiger partial charge in [-0.15, -0.1) is 0 Å². The molecule has 0 saturated heterocycles. The quantitative estimate of drug-likeness (QED) is 0.496. The molecule has 0 atom stereocenters. The van der Waals surface area contributed by atoms with Gasteiger partial charge in [-0.2, -0.15) is 15.0 Å². The molecule has 0 amide bonds. The second-order valence-corrected chi connectivity index (χ2v) is 6.69. The van der Waals surface area contributed by atoms with Crippen LogP contribution in [0.5, 0.6) is 0 Å². The standard InChI is InChI=1S/C22H16N4O5/c1-13-7-9-16(11-14(13)2)25-21(27)18(12-23)17(20(24-25)22(28)29)10-8-15-5-3-4-6-19(15)26(30)31/h3-11H,1-2H3,(H,28,29)/b10-8+. The first-order chi connectivity index (χ1) is 14.7. The Bertz CT molecular complexity index is 1350. The van der Waals surface area contributed by atoms with Crippen LogP contribution in [0.15, 0.2) is 47.3 Å². The number of rotatable bonds is 5. The van der Waals surface area contributed by atoms with Crippen LogP contribution >= 0.6 is 0 Å². The van der Waals surface area contributed by atoms with Gasteiger partial charge in [0.1, 0.15) is 11.6 Å². The highest BCUT2D eigenvalue weighted by Crippen LogP contribution is 2.22. The number of carboxylic acids is 1. The fourth-order valence-electron chi connectivity index (χ4n) is 2.97. The monoisotopic (exact) mass is 416 g/mol. The highest BCUT2D eigenvalue weighted by Gasteiger charge is 2.21. The molecule has 0 aliphatic carbocycles. The van der Waals surface area contributed by atoms with E-state index in [2.05, 4.69) is 5.10 Å². The molecule has 2 aromatic carbocycles. The number of para-hydroxylation sites is 1. The van der Waals surface area contributed by atoms with E-state index in [9.17, 15) is 30.1 Å². The van der Waals surface area contributed by atoms with Crippen LogP contribution < -0.4 is 5.56 Å². The van der Waals surface area contributed by atoms with Gasteiger partial charge in [0.05, 0.1) is 16.2 Å². The van der Waals surface area contributed by atoms with Crippen molar-refractivity contribution in [2.45, 2.75) is 13.8 Å². The van der Waals surface area contributed by atoms with Gasteiger partial charge < -0.3 is 5.11 Å². The maximum Gasteiger partial charge on any atom is 0.357 e. The number of carboxylic acid groups (broad SMARTS) is 1. The Morgan fingerprint density at radius 1 is 1.19 bits per heavy atom. The van der Waals surface area contributed by atoms with Crippen LogP contribution in [0.3, 0.4) is 0 Å². The Morgan fingerprint density at radius 2 is 1.90 bits per heavy atom. The van der Waals surface area contributed by atoms with E-state index < -0.39 is 27.7 Å². The molecule has 0 fully saturated rings. The van der Waals surface area contributed by atoms with Crippen LogP contribution in [0, 0.1) is 35.3 Å². The molecule has 9 heteroatoms. The van der Waals surface area contributed by atoms with Crippen molar-refractivity contribution < 1.29 is 14.8 Å². The van der Waals surface area contributed by atoms with Crippen LogP contribution in [0.25, 0.3) is 17.8 Å². The highest BCUT2D eigenvalue weighted by atomic mass is 16.6. The second kappa shape index (κ2) is 8.42. The van der Waals surface area contributed by atoms with Crippen molar-refractivity contribution in [2.75, 3.05) is 0 Å². The summed E-state index contributed by atoms with van der Waals surface area (Å²) >= 11 is 0. The zero-order valence-electron chi connectivity index (χ0n) is 16.6. The van der Waals surface area contributed by atoms with E-state index in [0.29, 0.717) is 5.69 Å². The van der Waals surface area contributed by atoms with Gasteiger partial charge in [-0.25, -0.2) is 4.79 Å². The van der Waals surface area contributed by atoms with Gasteiger partial charge in [0, 0.05) is 11.6 Å². The van der Waals surface area contributed by atoms with Crippen LogP contribution in [-0.4, -0.2) is 25.8 Å². The molecule has 0 radical (unpaired) electrons. The molecule has 0 aliphatic rings.